The van der Waals surface area contributed by atoms with Gasteiger partial charge >= 0.3 is 5.97 Å². The Morgan fingerprint density at radius 1 is 1.24 bits per heavy atom. The minimum absolute atomic E-state index is 0.221. The zero-order valence-corrected chi connectivity index (χ0v) is 10.7. The highest BCUT2D eigenvalue weighted by Crippen LogP contribution is 2.07. The maximum atomic E-state index is 11.6. The fourth-order valence-electron chi connectivity index (χ4n) is 2.02. The number of nitrogens with zero attached hydrogens (tertiary/aromatic N) is 2. The van der Waals surface area contributed by atoms with Crippen molar-refractivity contribution in [2.24, 2.45) is 5.92 Å². The van der Waals surface area contributed by atoms with Crippen molar-refractivity contribution in [3.63, 3.8) is 0 Å². The molecular weight excluding hydrogens is 220 g/mol. The summed E-state index contributed by atoms with van der Waals surface area (Å²) in [4.78, 5) is 26.4. The van der Waals surface area contributed by atoms with E-state index in [9.17, 15) is 9.59 Å². The van der Waals surface area contributed by atoms with Gasteiger partial charge in [0.1, 0.15) is 0 Å². The van der Waals surface area contributed by atoms with Crippen LogP contribution in [0.15, 0.2) is 0 Å². The lowest BCUT2D eigenvalue weighted by atomic mass is 10.1. The molecule has 1 fully saturated rings. The topological polar surface area (TPSA) is 60.9 Å². The number of amides is 1. The van der Waals surface area contributed by atoms with Crippen molar-refractivity contribution in [3.8, 4) is 0 Å². The van der Waals surface area contributed by atoms with Crippen LogP contribution in [0, 0.1) is 5.92 Å². The molecule has 1 atom stereocenters. The third-order valence-corrected chi connectivity index (χ3v) is 3.14. The number of carbonyl (C=O) groups excluding carboxylic acids is 1. The van der Waals surface area contributed by atoms with Crippen molar-refractivity contribution in [3.05, 3.63) is 0 Å². The third kappa shape index (κ3) is 4.34. The van der Waals surface area contributed by atoms with Crippen LogP contribution in [0.1, 0.15) is 26.7 Å². The van der Waals surface area contributed by atoms with E-state index in [0.29, 0.717) is 13.0 Å². The Labute approximate surface area is 102 Å². The lowest BCUT2D eigenvalue weighted by molar-refractivity contribution is -0.142. The summed E-state index contributed by atoms with van der Waals surface area (Å²) in [6, 6.07) is 0. The van der Waals surface area contributed by atoms with E-state index in [1.807, 2.05) is 11.8 Å². The molecule has 1 aliphatic rings. The van der Waals surface area contributed by atoms with Crippen LogP contribution >= 0.6 is 0 Å². The summed E-state index contributed by atoms with van der Waals surface area (Å²) < 4.78 is 0. The molecule has 0 radical (unpaired) electrons. The number of aliphatic carboxylic acids is 1. The highest BCUT2D eigenvalue weighted by molar-refractivity contribution is 5.76. The number of carboxylic acid groups (broad SMARTS) is 1. The molecule has 1 amide bonds. The number of hydrogen-bond donors (Lipinski definition) is 1. The first-order chi connectivity index (χ1) is 8.04. The van der Waals surface area contributed by atoms with Gasteiger partial charge in [-0.25, -0.2) is 0 Å². The third-order valence-electron chi connectivity index (χ3n) is 3.14. The smallest absolute Gasteiger partial charge is 0.307 e. The van der Waals surface area contributed by atoms with Crippen LogP contribution in [0.5, 0.6) is 0 Å². The monoisotopic (exact) mass is 242 g/mol. The van der Waals surface area contributed by atoms with Crippen LogP contribution in [0.2, 0.25) is 0 Å². The van der Waals surface area contributed by atoms with Crippen LogP contribution in [0.4, 0.5) is 0 Å². The Hall–Kier alpha value is -1.10. The molecule has 1 unspecified atom stereocenters. The molecule has 1 heterocycles. The predicted molar refractivity (Wildman–Crippen MR) is 64.7 cm³/mol. The van der Waals surface area contributed by atoms with Gasteiger partial charge in [-0.1, -0.05) is 13.8 Å². The van der Waals surface area contributed by atoms with Crippen molar-refractivity contribution in [2.45, 2.75) is 26.7 Å². The molecule has 0 spiro atoms. The Kier molecular flexibility index (Phi) is 5.41. The molecule has 1 N–H and O–H groups in total. The zero-order chi connectivity index (χ0) is 12.8. The van der Waals surface area contributed by atoms with Crippen molar-refractivity contribution >= 4 is 11.9 Å². The Balaban J connectivity index is 2.30. The lowest BCUT2D eigenvalue weighted by Crippen LogP contribution is -2.50. The second-order valence-electron chi connectivity index (χ2n) is 4.67. The summed E-state index contributed by atoms with van der Waals surface area (Å²) in [7, 11) is 0. The standard InChI is InChI=1S/C12H22N2O3/c1-3-4-11(15)14-7-5-13(6-8-14)9-10(2)12(16)17/h10H,3-9H2,1-2H3,(H,16,17). The van der Waals surface area contributed by atoms with Gasteiger partial charge in [-0.15, -0.1) is 0 Å². The number of hydrogen-bond acceptors (Lipinski definition) is 3. The Morgan fingerprint density at radius 3 is 2.29 bits per heavy atom. The van der Waals surface area contributed by atoms with Crippen LogP contribution in [0.25, 0.3) is 0 Å². The molecule has 0 aromatic rings. The Bertz CT molecular complexity index is 273. The zero-order valence-electron chi connectivity index (χ0n) is 10.7. The molecule has 98 valence electrons. The average Bonchev–Trinajstić information content (AvgIpc) is 2.30. The van der Waals surface area contributed by atoms with E-state index in [1.54, 1.807) is 6.92 Å². The molecule has 1 aliphatic heterocycles. The van der Waals surface area contributed by atoms with Crippen LogP contribution in [0.3, 0.4) is 0 Å². The minimum atomic E-state index is -0.755. The first-order valence-corrected chi connectivity index (χ1v) is 6.27. The number of carbonyl (C=O) groups is 2. The van der Waals surface area contributed by atoms with Crippen LogP contribution in [-0.2, 0) is 9.59 Å². The molecule has 17 heavy (non-hydrogen) atoms. The van der Waals surface area contributed by atoms with Gasteiger partial charge in [-0.05, 0) is 6.42 Å². The fourth-order valence-corrected chi connectivity index (χ4v) is 2.02. The van der Waals surface area contributed by atoms with Crippen molar-refractivity contribution in [1.29, 1.82) is 0 Å². The molecule has 0 bridgehead atoms. The SMILES string of the molecule is CCCC(=O)N1CCN(CC(C)C(=O)O)CC1. The van der Waals surface area contributed by atoms with E-state index >= 15 is 0 Å². The maximum absolute atomic E-state index is 11.6. The molecule has 1 saturated heterocycles. The fraction of sp³-hybridized carbons (Fsp3) is 0.833. The van der Waals surface area contributed by atoms with E-state index in [0.717, 1.165) is 32.6 Å². The molecular formula is C12H22N2O3. The van der Waals surface area contributed by atoms with Gasteiger partial charge in [0.25, 0.3) is 0 Å². The van der Waals surface area contributed by atoms with E-state index in [1.165, 1.54) is 0 Å². The largest absolute Gasteiger partial charge is 0.481 e. The highest BCUT2D eigenvalue weighted by atomic mass is 16.4. The molecule has 5 nitrogen and oxygen atoms in total. The van der Waals surface area contributed by atoms with E-state index in [-0.39, 0.29) is 11.8 Å². The normalized spacial score (nSPS) is 19.1. The first-order valence-electron chi connectivity index (χ1n) is 6.27. The van der Waals surface area contributed by atoms with Crippen LogP contribution in [-0.4, -0.2) is 59.5 Å². The summed E-state index contributed by atoms with van der Waals surface area (Å²) >= 11 is 0. The van der Waals surface area contributed by atoms with Gasteiger partial charge in [-0.3, -0.25) is 14.5 Å². The van der Waals surface area contributed by atoms with Crippen molar-refractivity contribution in [2.75, 3.05) is 32.7 Å². The van der Waals surface area contributed by atoms with Gasteiger partial charge in [0, 0.05) is 39.1 Å². The maximum Gasteiger partial charge on any atom is 0.307 e. The molecule has 1 rings (SSSR count). The van der Waals surface area contributed by atoms with Crippen molar-refractivity contribution < 1.29 is 14.7 Å². The number of carboxylic acids is 1. The summed E-state index contributed by atoms with van der Waals surface area (Å²) in [5, 5.41) is 8.83. The summed E-state index contributed by atoms with van der Waals surface area (Å²) in [5.41, 5.74) is 0. The van der Waals surface area contributed by atoms with Gasteiger partial charge < -0.3 is 10.0 Å². The summed E-state index contributed by atoms with van der Waals surface area (Å²) in [5.74, 6) is -0.874. The van der Waals surface area contributed by atoms with E-state index in [4.69, 9.17) is 5.11 Å². The molecule has 0 aromatic carbocycles. The molecule has 0 aliphatic carbocycles. The van der Waals surface area contributed by atoms with Gasteiger partial charge in [0.2, 0.25) is 5.91 Å². The quantitative estimate of drug-likeness (QED) is 0.769. The predicted octanol–water partition coefficient (Wildman–Crippen LogP) is 0.651. The number of rotatable bonds is 5. The van der Waals surface area contributed by atoms with E-state index in [2.05, 4.69) is 4.90 Å². The molecule has 0 saturated carbocycles. The second kappa shape index (κ2) is 6.59. The lowest BCUT2D eigenvalue weighted by Gasteiger charge is -2.35. The Morgan fingerprint density at radius 2 is 1.82 bits per heavy atom. The van der Waals surface area contributed by atoms with Gasteiger partial charge in [0.05, 0.1) is 5.92 Å². The van der Waals surface area contributed by atoms with Crippen LogP contribution < -0.4 is 0 Å². The summed E-state index contributed by atoms with van der Waals surface area (Å²) in [6.45, 7) is 7.32. The summed E-state index contributed by atoms with van der Waals surface area (Å²) in [6.07, 6.45) is 1.50. The highest BCUT2D eigenvalue weighted by Gasteiger charge is 2.23. The van der Waals surface area contributed by atoms with Gasteiger partial charge in [-0.2, -0.15) is 0 Å². The second-order valence-corrected chi connectivity index (χ2v) is 4.67. The first kappa shape index (κ1) is 14.0. The van der Waals surface area contributed by atoms with Gasteiger partial charge in [0.15, 0.2) is 0 Å². The molecule has 5 heteroatoms. The van der Waals surface area contributed by atoms with Crippen molar-refractivity contribution in [1.82, 2.24) is 9.80 Å². The average molecular weight is 242 g/mol. The molecule has 0 aromatic heterocycles. The number of piperazine rings is 1. The minimum Gasteiger partial charge on any atom is -0.481 e. The van der Waals surface area contributed by atoms with E-state index < -0.39 is 5.97 Å².